The quantitative estimate of drug-likeness (QED) is 0.462. The molecule has 170 valence electrons. The molecule has 0 bridgehead atoms. The number of ether oxygens (including phenoxy) is 2. The van der Waals surface area contributed by atoms with Gasteiger partial charge in [-0.25, -0.2) is 4.68 Å². The van der Waals surface area contributed by atoms with Crippen molar-refractivity contribution in [1.29, 1.82) is 0 Å². The second-order valence-corrected chi connectivity index (χ2v) is 8.50. The number of rotatable bonds is 9. The molecule has 1 fully saturated rings. The van der Waals surface area contributed by atoms with E-state index >= 15 is 0 Å². The predicted octanol–water partition coefficient (Wildman–Crippen LogP) is 3.58. The molecule has 32 heavy (non-hydrogen) atoms. The number of morpholine rings is 1. The predicted molar refractivity (Wildman–Crippen MR) is 129 cm³/mol. The van der Waals surface area contributed by atoms with Crippen LogP contribution in [0.15, 0.2) is 54.6 Å². The standard InChI is InChI=1S/C24H31N5O2S/c1-20-7-6-10-22(17-20)31-16-11-26(2)19-29-24(32)28(18-21-8-4-3-5-9-21)23(25-29)27-12-14-30-15-13-27/h3-10,17H,11-16,18-19H2,1-2H3. The van der Waals surface area contributed by atoms with Crippen LogP contribution in [0.1, 0.15) is 11.1 Å². The first kappa shape index (κ1) is 22.5. The van der Waals surface area contributed by atoms with Crippen LogP contribution in [0.2, 0.25) is 0 Å². The molecule has 0 radical (unpaired) electrons. The van der Waals surface area contributed by atoms with Crippen molar-refractivity contribution >= 4 is 18.2 Å². The van der Waals surface area contributed by atoms with Gasteiger partial charge in [-0.1, -0.05) is 42.5 Å². The summed E-state index contributed by atoms with van der Waals surface area (Å²) in [4.78, 5) is 4.44. The van der Waals surface area contributed by atoms with E-state index in [0.717, 1.165) is 36.1 Å². The molecule has 1 saturated heterocycles. The smallest absolute Gasteiger partial charge is 0.226 e. The van der Waals surface area contributed by atoms with Gasteiger partial charge in [0, 0.05) is 19.6 Å². The lowest BCUT2D eigenvalue weighted by atomic mass is 10.2. The Labute approximate surface area is 194 Å². The second kappa shape index (κ2) is 10.8. The van der Waals surface area contributed by atoms with Gasteiger partial charge in [0.2, 0.25) is 10.7 Å². The molecule has 3 aromatic rings. The molecule has 0 spiro atoms. The Bertz CT molecular complexity index is 1060. The van der Waals surface area contributed by atoms with Crippen LogP contribution in [0, 0.1) is 11.7 Å². The van der Waals surface area contributed by atoms with Gasteiger partial charge in [-0.05, 0) is 49.4 Å². The molecular weight excluding hydrogens is 422 g/mol. The summed E-state index contributed by atoms with van der Waals surface area (Å²) in [5.41, 5.74) is 2.40. The zero-order valence-electron chi connectivity index (χ0n) is 18.8. The van der Waals surface area contributed by atoms with Gasteiger partial charge in [0.05, 0.1) is 26.4 Å². The first-order valence-electron chi connectivity index (χ1n) is 11.0. The molecule has 1 aromatic heterocycles. The third-order valence-electron chi connectivity index (χ3n) is 5.49. The summed E-state index contributed by atoms with van der Waals surface area (Å²) in [6, 6.07) is 18.5. The van der Waals surface area contributed by atoms with E-state index in [1.54, 1.807) is 0 Å². The summed E-state index contributed by atoms with van der Waals surface area (Å²) in [5.74, 6) is 1.81. The number of nitrogens with zero attached hydrogens (tertiary/aromatic N) is 5. The van der Waals surface area contributed by atoms with Crippen molar-refractivity contribution in [2.75, 3.05) is 51.4 Å². The molecule has 7 nitrogen and oxygen atoms in total. The third-order valence-corrected chi connectivity index (χ3v) is 5.92. The highest BCUT2D eigenvalue weighted by molar-refractivity contribution is 7.71. The Morgan fingerprint density at radius 2 is 1.88 bits per heavy atom. The van der Waals surface area contributed by atoms with Crippen molar-refractivity contribution in [3.8, 4) is 5.75 Å². The zero-order valence-corrected chi connectivity index (χ0v) is 19.6. The third kappa shape index (κ3) is 5.76. The molecule has 0 saturated carbocycles. The normalized spacial score (nSPS) is 14.2. The van der Waals surface area contributed by atoms with Crippen LogP contribution in [-0.2, 0) is 18.0 Å². The summed E-state index contributed by atoms with van der Waals surface area (Å²) in [6.45, 7) is 7.81. The molecule has 2 aromatic carbocycles. The Morgan fingerprint density at radius 1 is 1.09 bits per heavy atom. The number of likely N-dealkylation sites (N-methyl/N-ethyl adjacent to an activating group) is 1. The summed E-state index contributed by atoms with van der Waals surface area (Å²) in [5, 5.41) is 4.91. The molecule has 1 aliphatic heterocycles. The summed E-state index contributed by atoms with van der Waals surface area (Å²) >= 11 is 5.85. The van der Waals surface area contributed by atoms with Gasteiger partial charge >= 0.3 is 0 Å². The number of hydrogen-bond donors (Lipinski definition) is 0. The number of benzene rings is 2. The SMILES string of the molecule is Cc1cccc(OCCN(C)Cn2nc(N3CCOCC3)n(Cc3ccccc3)c2=S)c1. The van der Waals surface area contributed by atoms with Crippen molar-refractivity contribution in [3.63, 3.8) is 0 Å². The van der Waals surface area contributed by atoms with E-state index in [4.69, 9.17) is 26.8 Å². The van der Waals surface area contributed by atoms with Crippen molar-refractivity contribution in [2.45, 2.75) is 20.1 Å². The van der Waals surface area contributed by atoms with Crippen LogP contribution in [0.5, 0.6) is 5.75 Å². The number of hydrogen-bond acceptors (Lipinski definition) is 6. The van der Waals surface area contributed by atoms with Gasteiger partial charge in [-0.2, -0.15) is 0 Å². The van der Waals surface area contributed by atoms with Gasteiger partial charge < -0.3 is 14.4 Å². The van der Waals surface area contributed by atoms with Crippen molar-refractivity contribution < 1.29 is 9.47 Å². The molecule has 8 heteroatoms. The summed E-state index contributed by atoms with van der Waals surface area (Å²) < 4.78 is 16.2. The minimum absolute atomic E-state index is 0.605. The highest BCUT2D eigenvalue weighted by Gasteiger charge is 2.20. The van der Waals surface area contributed by atoms with Crippen molar-refractivity contribution in [3.05, 3.63) is 70.5 Å². The maximum Gasteiger partial charge on any atom is 0.226 e. The lowest BCUT2D eigenvalue weighted by Crippen LogP contribution is -2.38. The van der Waals surface area contributed by atoms with Crippen LogP contribution >= 0.6 is 12.2 Å². The minimum Gasteiger partial charge on any atom is -0.492 e. The fourth-order valence-corrected chi connectivity index (χ4v) is 3.99. The van der Waals surface area contributed by atoms with E-state index in [1.807, 2.05) is 22.9 Å². The number of aryl methyl sites for hydroxylation is 1. The molecule has 1 aliphatic rings. The maximum atomic E-state index is 5.90. The summed E-state index contributed by atoms with van der Waals surface area (Å²) in [6.07, 6.45) is 0. The average molecular weight is 454 g/mol. The van der Waals surface area contributed by atoms with E-state index in [2.05, 4.69) is 64.7 Å². The Balaban J connectivity index is 1.45. The van der Waals surface area contributed by atoms with E-state index in [9.17, 15) is 0 Å². The van der Waals surface area contributed by atoms with E-state index < -0.39 is 0 Å². The Morgan fingerprint density at radius 3 is 2.62 bits per heavy atom. The monoisotopic (exact) mass is 453 g/mol. The second-order valence-electron chi connectivity index (χ2n) is 8.14. The Kier molecular flexibility index (Phi) is 7.57. The largest absolute Gasteiger partial charge is 0.492 e. The molecular formula is C24H31N5O2S. The first-order chi connectivity index (χ1) is 15.6. The maximum absolute atomic E-state index is 5.90. The highest BCUT2D eigenvalue weighted by atomic mass is 32.1. The number of aromatic nitrogens is 3. The van der Waals surface area contributed by atoms with Gasteiger partial charge in [0.15, 0.2) is 0 Å². The first-order valence-corrected chi connectivity index (χ1v) is 11.4. The molecule has 2 heterocycles. The fraction of sp³-hybridized carbons (Fsp3) is 0.417. The molecule has 0 amide bonds. The molecule has 0 N–H and O–H groups in total. The number of anilines is 1. The Hall–Kier alpha value is -2.68. The molecule has 0 unspecified atom stereocenters. The molecule has 0 aliphatic carbocycles. The topological polar surface area (TPSA) is 47.7 Å². The minimum atomic E-state index is 0.605. The van der Waals surface area contributed by atoms with Crippen LogP contribution in [0.25, 0.3) is 0 Å². The van der Waals surface area contributed by atoms with Gasteiger partial charge in [-0.3, -0.25) is 9.47 Å². The van der Waals surface area contributed by atoms with Crippen LogP contribution in [0.4, 0.5) is 5.95 Å². The fourth-order valence-electron chi connectivity index (χ4n) is 3.75. The van der Waals surface area contributed by atoms with Gasteiger partial charge in [0.25, 0.3) is 0 Å². The van der Waals surface area contributed by atoms with Crippen LogP contribution in [0.3, 0.4) is 0 Å². The van der Waals surface area contributed by atoms with Gasteiger partial charge in [0.1, 0.15) is 12.4 Å². The highest BCUT2D eigenvalue weighted by Crippen LogP contribution is 2.18. The zero-order chi connectivity index (χ0) is 22.3. The average Bonchev–Trinajstić information content (AvgIpc) is 3.10. The van der Waals surface area contributed by atoms with Crippen LogP contribution in [-0.4, -0.2) is 65.8 Å². The van der Waals surface area contributed by atoms with Crippen LogP contribution < -0.4 is 9.64 Å². The van der Waals surface area contributed by atoms with E-state index in [0.29, 0.717) is 33.0 Å². The lowest BCUT2D eigenvalue weighted by Gasteiger charge is -2.27. The molecule has 4 rings (SSSR count). The molecule has 0 atom stereocenters. The van der Waals surface area contributed by atoms with E-state index in [-0.39, 0.29) is 0 Å². The van der Waals surface area contributed by atoms with Gasteiger partial charge in [-0.15, -0.1) is 5.10 Å². The van der Waals surface area contributed by atoms with Crippen molar-refractivity contribution in [2.24, 2.45) is 0 Å². The lowest BCUT2D eigenvalue weighted by molar-refractivity contribution is 0.121. The van der Waals surface area contributed by atoms with Crippen molar-refractivity contribution in [1.82, 2.24) is 19.2 Å². The van der Waals surface area contributed by atoms with E-state index in [1.165, 1.54) is 11.1 Å². The summed E-state index contributed by atoms with van der Waals surface area (Å²) in [7, 11) is 2.06.